The van der Waals surface area contributed by atoms with Crippen LogP contribution in [0.25, 0.3) is 0 Å². The van der Waals surface area contributed by atoms with E-state index < -0.39 is 4.92 Å². The molecule has 0 spiro atoms. The molecule has 0 saturated heterocycles. The minimum absolute atomic E-state index is 0.0777. The summed E-state index contributed by atoms with van der Waals surface area (Å²) >= 11 is 1.73. The highest BCUT2D eigenvalue weighted by molar-refractivity contribution is 7.98. The van der Waals surface area contributed by atoms with Gasteiger partial charge < -0.3 is 10.2 Å². The van der Waals surface area contributed by atoms with Crippen molar-refractivity contribution < 1.29 is 9.72 Å². The minimum Gasteiger partial charge on any atom is -0.387 e. The standard InChI is InChI=1S/C14H21N3O3S/c1-10(7-8-21-4)16(3)14(18)12-9-11(17(19)20)5-6-13(12)15-2/h5-6,9-10,15H,7-8H2,1-4H3. The molecule has 0 bridgehead atoms. The van der Waals surface area contributed by atoms with Crippen molar-refractivity contribution in [2.45, 2.75) is 19.4 Å². The van der Waals surface area contributed by atoms with Crippen LogP contribution in [0.4, 0.5) is 11.4 Å². The molecule has 1 N–H and O–H groups in total. The Morgan fingerprint density at radius 2 is 2.19 bits per heavy atom. The molecule has 1 unspecified atom stereocenters. The van der Waals surface area contributed by atoms with E-state index in [1.807, 2.05) is 13.2 Å². The summed E-state index contributed by atoms with van der Waals surface area (Å²) in [7, 11) is 3.42. The average Bonchev–Trinajstić information content (AvgIpc) is 2.50. The van der Waals surface area contributed by atoms with Crippen LogP contribution in [0.5, 0.6) is 0 Å². The number of anilines is 1. The Kier molecular flexibility index (Phi) is 6.48. The van der Waals surface area contributed by atoms with Gasteiger partial charge in [0.2, 0.25) is 0 Å². The Balaban J connectivity index is 3.04. The van der Waals surface area contributed by atoms with Crippen LogP contribution in [0.1, 0.15) is 23.7 Å². The Hall–Kier alpha value is -1.76. The molecule has 0 aliphatic rings. The van der Waals surface area contributed by atoms with Gasteiger partial charge in [0.15, 0.2) is 0 Å². The van der Waals surface area contributed by atoms with Gasteiger partial charge in [-0.1, -0.05) is 0 Å². The maximum absolute atomic E-state index is 12.6. The number of carbonyl (C=O) groups excluding carboxylic acids is 1. The summed E-state index contributed by atoms with van der Waals surface area (Å²) in [5.41, 5.74) is 0.835. The first kappa shape index (κ1) is 17.3. The topological polar surface area (TPSA) is 75.5 Å². The Morgan fingerprint density at radius 3 is 2.71 bits per heavy atom. The average molecular weight is 311 g/mol. The first-order valence-corrected chi connectivity index (χ1v) is 8.04. The van der Waals surface area contributed by atoms with E-state index in [0.29, 0.717) is 11.3 Å². The lowest BCUT2D eigenvalue weighted by atomic mass is 10.1. The summed E-state index contributed by atoms with van der Waals surface area (Å²) in [5.74, 6) is 0.753. The van der Waals surface area contributed by atoms with Crippen LogP contribution in [-0.4, -0.2) is 47.9 Å². The lowest BCUT2D eigenvalue weighted by molar-refractivity contribution is -0.384. The number of rotatable bonds is 7. The molecule has 0 heterocycles. The molecule has 1 atom stereocenters. The largest absolute Gasteiger partial charge is 0.387 e. The van der Waals surface area contributed by atoms with Crippen LogP contribution in [0, 0.1) is 10.1 Å². The Labute approximate surface area is 129 Å². The molecular weight excluding hydrogens is 290 g/mol. The molecule has 0 fully saturated rings. The number of carbonyl (C=O) groups is 1. The van der Waals surface area contributed by atoms with E-state index in [-0.39, 0.29) is 17.6 Å². The molecule has 0 radical (unpaired) electrons. The SMILES string of the molecule is CNc1ccc([N+](=O)[O-])cc1C(=O)N(C)C(C)CCSC. The van der Waals surface area contributed by atoms with Gasteiger partial charge in [0.25, 0.3) is 11.6 Å². The summed E-state index contributed by atoms with van der Waals surface area (Å²) in [4.78, 5) is 24.6. The van der Waals surface area contributed by atoms with Gasteiger partial charge in [-0.15, -0.1) is 0 Å². The molecule has 7 heteroatoms. The molecule has 0 saturated carbocycles. The zero-order valence-electron chi connectivity index (χ0n) is 12.8. The highest BCUT2D eigenvalue weighted by atomic mass is 32.2. The quantitative estimate of drug-likeness (QED) is 0.619. The minimum atomic E-state index is -0.493. The number of thioether (sulfide) groups is 1. The number of nitro groups is 1. The molecule has 1 aromatic carbocycles. The predicted molar refractivity (Wildman–Crippen MR) is 87.2 cm³/mol. The van der Waals surface area contributed by atoms with Crippen molar-refractivity contribution in [1.29, 1.82) is 0 Å². The number of nitro benzene ring substituents is 1. The van der Waals surface area contributed by atoms with E-state index in [1.54, 1.807) is 36.8 Å². The van der Waals surface area contributed by atoms with E-state index in [9.17, 15) is 14.9 Å². The molecule has 0 aliphatic heterocycles. The fourth-order valence-electron chi connectivity index (χ4n) is 1.91. The van der Waals surface area contributed by atoms with E-state index in [4.69, 9.17) is 0 Å². The summed E-state index contributed by atoms with van der Waals surface area (Å²) in [6.45, 7) is 1.98. The van der Waals surface area contributed by atoms with E-state index in [2.05, 4.69) is 5.32 Å². The van der Waals surface area contributed by atoms with Gasteiger partial charge in [-0.25, -0.2) is 0 Å². The van der Waals surface area contributed by atoms with Crippen LogP contribution in [-0.2, 0) is 0 Å². The van der Waals surface area contributed by atoms with Crippen molar-refractivity contribution in [3.63, 3.8) is 0 Å². The van der Waals surface area contributed by atoms with E-state index >= 15 is 0 Å². The number of amides is 1. The fourth-order valence-corrected chi connectivity index (χ4v) is 2.49. The van der Waals surface area contributed by atoms with Crippen LogP contribution >= 0.6 is 11.8 Å². The second-order valence-corrected chi connectivity index (χ2v) is 5.77. The molecule has 6 nitrogen and oxygen atoms in total. The molecular formula is C14H21N3O3S. The number of benzene rings is 1. The van der Waals surface area contributed by atoms with Gasteiger partial charge >= 0.3 is 0 Å². The van der Waals surface area contributed by atoms with Gasteiger partial charge in [0.1, 0.15) is 0 Å². The third kappa shape index (κ3) is 4.35. The number of nitrogens with one attached hydrogen (secondary N) is 1. The zero-order valence-corrected chi connectivity index (χ0v) is 13.6. The van der Waals surface area contributed by atoms with Gasteiger partial charge in [-0.2, -0.15) is 11.8 Å². The van der Waals surface area contributed by atoms with Crippen molar-refractivity contribution in [3.8, 4) is 0 Å². The van der Waals surface area contributed by atoms with Crippen LogP contribution in [0.15, 0.2) is 18.2 Å². The molecule has 1 rings (SSSR count). The summed E-state index contributed by atoms with van der Waals surface area (Å²) in [6, 6.07) is 4.35. The fraction of sp³-hybridized carbons (Fsp3) is 0.500. The number of hydrogen-bond acceptors (Lipinski definition) is 5. The number of non-ortho nitro benzene ring substituents is 1. The number of nitrogens with zero attached hydrogens (tertiary/aromatic N) is 2. The number of hydrogen-bond donors (Lipinski definition) is 1. The lowest BCUT2D eigenvalue weighted by Crippen LogP contribution is -2.35. The second kappa shape index (κ2) is 7.87. The molecule has 21 heavy (non-hydrogen) atoms. The van der Waals surface area contributed by atoms with Gasteiger partial charge in [-0.05, 0) is 31.4 Å². The van der Waals surface area contributed by atoms with E-state index in [1.165, 1.54) is 12.1 Å². The molecule has 0 aliphatic carbocycles. The monoisotopic (exact) mass is 311 g/mol. The lowest BCUT2D eigenvalue weighted by Gasteiger charge is -2.25. The van der Waals surface area contributed by atoms with Gasteiger partial charge in [0.05, 0.1) is 10.5 Å². The van der Waals surface area contributed by atoms with Crippen molar-refractivity contribution in [2.75, 3.05) is 31.4 Å². The first-order valence-electron chi connectivity index (χ1n) is 6.64. The highest BCUT2D eigenvalue weighted by Crippen LogP contribution is 2.24. The molecule has 1 aromatic rings. The Bertz CT molecular complexity index is 522. The second-order valence-electron chi connectivity index (χ2n) is 4.78. The highest BCUT2D eigenvalue weighted by Gasteiger charge is 2.22. The van der Waals surface area contributed by atoms with Gasteiger partial charge in [0, 0.05) is 38.0 Å². The van der Waals surface area contributed by atoms with Crippen LogP contribution in [0.2, 0.25) is 0 Å². The van der Waals surface area contributed by atoms with Crippen molar-refractivity contribution in [1.82, 2.24) is 4.90 Å². The Morgan fingerprint density at radius 1 is 1.52 bits per heavy atom. The van der Waals surface area contributed by atoms with Crippen LogP contribution < -0.4 is 5.32 Å². The zero-order chi connectivity index (χ0) is 16.0. The first-order chi connectivity index (χ1) is 9.92. The van der Waals surface area contributed by atoms with Crippen molar-refractivity contribution >= 4 is 29.0 Å². The van der Waals surface area contributed by atoms with E-state index in [0.717, 1.165) is 12.2 Å². The normalized spacial score (nSPS) is 11.8. The molecule has 1 amide bonds. The molecule has 0 aromatic heterocycles. The maximum atomic E-state index is 12.6. The summed E-state index contributed by atoms with van der Waals surface area (Å²) < 4.78 is 0. The molecule has 116 valence electrons. The van der Waals surface area contributed by atoms with Crippen molar-refractivity contribution in [2.24, 2.45) is 0 Å². The van der Waals surface area contributed by atoms with Crippen LogP contribution in [0.3, 0.4) is 0 Å². The predicted octanol–water partition coefficient (Wildman–Crippen LogP) is 2.85. The smallest absolute Gasteiger partial charge is 0.270 e. The maximum Gasteiger partial charge on any atom is 0.270 e. The summed E-state index contributed by atoms with van der Waals surface area (Å²) in [5, 5.41) is 13.8. The third-order valence-electron chi connectivity index (χ3n) is 3.43. The van der Waals surface area contributed by atoms with Crippen molar-refractivity contribution in [3.05, 3.63) is 33.9 Å². The van der Waals surface area contributed by atoms with Gasteiger partial charge in [-0.3, -0.25) is 14.9 Å². The summed E-state index contributed by atoms with van der Waals surface area (Å²) in [6.07, 6.45) is 2.90. The third-order valence-corrected chi connectivity index (χ3v) is 4.08.